The Morgan fingerprint density at radius 2 is 2.00 bits per heavy atom. The van der Waals surface area contributed by atoms with Crippen LogP contribution in [0.1, 0.15) is 31.9 Å². The van der Waals surface area contributed by atoms with Crippen molar-refractivity contribution in [2.75, 3.05) is 13.6 Å². The molecule has 1 atom stereocenters. The van der Waals surface area contributed by atoms with Crippen LogP contribution in [0.5, 0.6) is 0 Å². The number of likely N-dealkylation sites (N-methyl/N-ethyl adjacent to an activating group) is 1. The van der Waals surface area contributed by atoms with E-state index in [1.54, 1.807) is 0 Å². The maximum absolute atomic E-state index is 11.8. The largest absolute Gasteiger partial charge is 0.353 e. The Balaban J connectivity index is 2.72. The lowest BCUT2D eigenvalue weighted by Gasteiger charge is -2.26. The van der Waals surface area contributed by atoms with Gasteiger partial charge in [-0.05, 0) is 26.5 Å². The predicted octanol–water partition coefficient (Wildman–Crippen LogP) is 2.10. The molecule has 0 heterocycles. The molecule has 0 saturated heterocycles. The first-order valence-corrected chi connectivity index (χ1v) is 6.46. The van der Waals surface area contributed by atoms with Crippen molar-refractivity contribution in [3.05, 3.63) is 35.9 Å². The second-order valence-corrected chi connectivity index (χ2v) is 4.93. The van der Waals surface area contributed by atoms with Gasteiger partial charge < -0.3 is 5.32 Å². The molecular weight excluding hydrogens is 238 g/mol. The fourth-order valence-corrected chi connectivity index (χ4v) is 1.99. The number of nitriles is 1. The van der Waals surface area contributed by atoms with Gasteiger partial charge >= 0.3 is 0 Å². The highest BCUT2D eigenvalue weighted by Gasteiger charge is 2.19. The number of benzene rings is 1. The zero-order valence-electron chi connectivity index (χ0n) is 11.8. The molecule has 0 radical (unpaired) electrons. The zero-order valence-corrected chi connectivity index (χ0v) is 11.8. The van der Waals surface area contributed by atoms with Gasteiger partial charge in [0.05, 0.1) is 19.0 Å². The van der Waals surface area contributed by atoms with E-state index in [9.17, 15) is 4.79 Å². The van der Waals surface area contributed by atoms with E-state index in [2.05, 4.69) is 11.4 Å². The third-order valence-electron chi connectivity index (χ3n) is 2.84. The first-order chi connectivity index (χ1) is 9.04. The van der Waals surface area contributed by atoms with E-state index in [1.165, 1.54) is 0 Å². The average molecular weight is 259 g/mol. The number of nitrogens with one attached hydrogen (secondary N) is 1. The molecule has 4 nitrogen and oxygen atoms in total. The van der Waals surface area contributed by atoms with Crippen LogP contribution in [-0.4, -0.2) is 30.4 Å². The number of nitrogens with zero attached hydrogens (tertiary/aromatic N) is 2. The summed E-state index contributed by atoms with van der Waals surface area (Å²) in [6, 6.07) is 12.1. The lowest BCUT2D eigenvalue weighted by molar-refractivity contribution is -0.122. The van der Waals surface area contributed by atoms with Crippen LogP contribution in [0, 0.1) is 11.3 Å². The minimum absolute atomic E-state index is 0.0172. The van der Waals surface area contributed by atoms with Crippen molar-refractivity contribution in [1.82, 2.24) is 10.2 Å². The van der Waals surface area contributed by atoms with Crippen LogP contribution in [0.3, 0.4) is 0 Å². The molecule has 4 heteroatoms. The predicted molar refractivity (Wildman–Crippen MR) is 75.3 cm³/mol. The van der Waals surface area contributed by atoms with Crippen molar-refractivity contribution in [2.24, 2.45) is 0 Å². The summed E-state index contributed by atoms with van der Waals surface area (Å²) in [7, 11) is 1.87. The van der Waals surface area contributed by atoms with Gasteiger partial charge in [-0.15, -0.1) is 0 Å². The van der Waals surface area contributed by atoms with Crippen LogP contribution in [0.2, 0.25) is 0 Å². The summed E-state index contributed by atoms with van der Waals surface area (Å²) < 4.78 is 0. The van der Waals surface area contributed by atoms with E-state index >= 15 is 0 Å². The second-order valence-electron chi connectivity index (χ2n) is 4.93. The molecule has 0 spiro atoms. The van der Waals surface area contributed by atoms with Gasteiger partial charge in [-0.1, -0.05) is 30.3 Å². The first kappa shape index (κ1) is 15.2. The smallest absolute Gasteiger partial charge is 0.234 e. The first-order valence-electron chi connectivity index (χ1n) is 6.46. The number of amides is 1. The molecule has 0 fully saturated rings. The molecule has 0 aromatic heterocycles. The van der Waals surface area contributed by atoms with Crippen LogP contribution in [0.25, 0.3) is 0 Å². The van der Waals surface area contributed by atoms with Gasteiger partial charge in [-0.2, -0.15) is 5.26 Å². The number of carbonyl (C=O) groups is 1. The summed E-state index contributed by atoms with van der Waals surface area (Å²) in [5, 5.41) is 11.8. The molecular formula is C15H21N3O. The maximum Gasteiger partial charge on any atom is 0.234 e. The summed E-state index contributed by atoms with van der Waals surface area (Å²) >= 11 is 0. The van der Waals surface area contributed by atoms with Gasteiger partial charge in [0.2, 0.25) is 5.91 Å². The number of carbonyl (C=O) groups excluding carboxylic acids is 1. The Bertz CT molecular complexity index is 436. The van der Waals surface area contributed by atoms with Gasteiger partial charge in [0, 0.05) is 12.1 Å². The molecule has 0 aliphatic carbocycles. The summed E-state index contributed by atoms with van der Waals surface area (Å²) in [6.07, 6.45) is 0.371. The molecule has 102 valence electrons. The SMILES string of the molecule is CC(C)NC(=O)CN(C)C(CC#N)c1ccccc1. The zero-order chi connectivity index (χ0) is 14.3. The molecule has 1 unspecified atom stereocenters. The Labute approximate surface area is 115 Å². The van der Waals surface area contributed by atoms with Crippen molar-refractivity contribution in [3.8, 4) is 6.07 Å². The summed E-state index contributed by atoms with van der Waals surface area (Å²) in [5.41, 5.74) is 1.06. The van der Waals surface area contributed by atoms with E-state index in [1.807, 2.05) is 56.1 Å². The molecule has 0 bridgehead atoms. The topological polar surface area (TPSA) is 56.1 Å². The molecule has 1 aromatic carbocycles. The van der Waals surface area contributed by atoms with Crippen LogP contribution in [0.4, 0.5) is 0 Å². The van der Waals surface area contributed by atoms with Gasteiger partial charge in [0.15, 0.2) is 0 Å². The molecule has 19 heavy (non-hydrogen) atoms. The molecule has 0 aliphatic heterocycles. The van der Waals surface area contributed by atoms with Gasteiger partial charge in [-0.25, -0.2) is 0 Å². The van der Waals surface area contributed by atoms with Crippen LogP contribution >= 0.6 is 0 Å². The van der Waals surface area contributed by atoms with Crippen molar-refractivity contribution in [3.63, 3.8) is 0 Å². The molecule has 1 N–H and O–H groups in total. The molecule has 0 aliphatic rings. The molecule has 0 saturated carbocycles. The normalized spacial score (nSPS) is 12.2. The highest BCUT2D eigenvalue weighted by molar-refractivity contribution is 5.78. The summed E-state index contributed by atoms with van der Waals surface area (Å²) in [5.74, 6) is -0.0172. The van der Waals surface area contributed by atoms with Crippen molar-refractivity contribution >= 4 is 5.91 Å². The van der Waals surface area contributed by atoms with Crippen molar-refractivity contribution in [1.29, 1.82) is 5.26 Å². The lowest BCUT2D eigenvalue weighted by atomic mass is 10.0. The Hall–Kier alpha value is -1.86. The third-order valence-corrected chi connectivity index (χ3v) is 2.84. The van der Waals surface area contributed by atoms with E-state index in [4.69, 9.17) is 5.26 Å². The minimum atomic E-state index is -0.0517. The maximum atomic E-state index is 11.8. The highest BCUT2D eigenvalue weighted by Crippen LogP contribution is 2.21. The lowest BCUT2D eigenvalue weighted by Crippen LogP contribution is -2.39. The number of rotatable bonds is 6. The Kier molecular flexibility index (Phi) is 6.04. The third kappa shape index (κ3) is 5.11. The monoisotopic (exact) mass is 259 g/mol. The van der Waals surface area contributed by atoms with E-state index in [0.717, 1.165) is 5.56 Å². The van der Waals surface area contributed by atoms with Gasteiger partial charge in [0.25, 0.3) is 0 Å². The van der Waals surface area contributed by atoms with Crippen LogP contribution in [-0.2, 0) is 4.79 Å². The van der Waals surface area contributed by atoms with Gasteiger partial charge in [-0.3, -0.25) is 9.69 Å². The van der Waals surface area contributed by atoms with Crippen molar-refractivity contribution in [2.45, 2.75) is 32.4 Å². The average Bonchev–Trinajstić information content (AvgIpc) is 2.35. The summed E-state index contributed by atoms with van der Waals surface area (Å²) in [4.78, 5) is 13.7. The Morgan fingerprint density at radius 1 is 1.37 bits per heavy atom. The molecule has 1 rings (SSSR count). The van der Waals surface area contributed by atoms with E-state index in [0.29, 0.717) is 13.0 Å². The Morgan fingerprint density at radius 3 is 2.53 bits per heavy atom. The van der Waals surface area contributed by atoms with Gasteiger partial charge in [0.1, 0.15) is 0 Å². The van der Waals surface area contributed by atoms with E-state index < -0.39 is 0 Å². The molecule has 1 aromatic rings. The van der Waals surface area contributed by atoms with Crippen LogP contribution < -0.4 is 5.32 Å². The van der Waals surface area contributed by atoms with Crippen LogP contribution in [0.15, 0.2) is 30.3 Å². The second kappa shape index (κ2) is 7.55. The minimum Gasteiger partial charge on any atom is -0.353 e. The highest BCUT2D eigenvalue weighted by atomic mass is 16.2. The number of hydrogen-bond donors (Lipinski definition) is 1. The van der Waals surface area contributed by atoms with Crippen molar-refractivity contribution < 1.29 is 4.79 Å². The fraction of sp³-hybridized carbons (Fsp3) is 0.467. The molecule has 1 amide bonds. The van der Waals surface area contributed by atoms with E-state index in [-0.39, 0.29) is 18.0 Å². The number of hydrogen-bond acceptors (Lipinski definition) is 3. The fourth-order valence-electron chi connectivity index (χ4n) is 1.99. The summed E-state index contributed by atoms with van der Waals surface area (Å²) in [6.45, 7) is 4.16. The standard InChI is InChI=1S/C15H21N3O/c1-12(2)17-15(19)11-18(3)14(9-10-16)13-7-5-4-6-8-13/h4-8,12,14H,9,11H2,1-3H3,(H,17,19). The quantitative estimate of drug-likeness (QED) is 0.851.